The van der Waals surface area contributed by atoms with Crippen LogP contribution in [0.15, 0.2) is 36.4 Å². The average molecular weight is 252 g/mol. The van der Waals surface area contributed by atoms with Crippen LogP contribution in [0.25, 0.3) is 0 Å². The van der Waals surface area contributed by atoms with E-state index in [1.807, 2.05) is 0 Å². The normalized spacial score (nSPS) is 10.3. The molecule has 88 valence electrons. The van der Waals surface area contributed by atoms with Crippen molar-refractivity contribution in [2.75, 3.05) is 17.7 Å². The van der Waals surface area contributed by atoms with Crippen LogP contribution in [-0.4, -0.2) is 12.0 Å². The van der Waals surface area contributed by atoms with Crippen LogP contribution in [0.2, 0.25) is 5.15 Å². The fourth-order valence-electron chi connectivity index (χ4n) is 1.54. The molecule has 17 heavy (non-hydrogen) atoms. The summed E-state index contributed by atoms with van der Waals surface area (Å²) in [7, 11) is 1.69. The largest absolute Gasteiger partial charge is 0.396 e. The molecular weight excluding hydrogens is 241 g/mol. The van der Waals surface area contributed by atoms with Crippen LogP contribution in [0.3, 0.4) is 0 Å². The first-order valence-electron chi connectivity index (χ1n) is 5.00. The third-order valence-corrected chi connectivity index (χ3v) is 2.61. The molecule has 0 aliphatic heterocycles. The molecule has 1 aromatic heterocycles. The number of aromatic nitrogens is 1. The lowest BCUT2D eigenvalue weighted by molar-refractivity contribution is 0.627. The van der Waals surface area contributed by atoms with Gasteiger partial charge in [0.05, 0.1) is 11.4 Å². The standard InChI is InChI=1S/C12H11ClFN3/c1-17(10-5-3-2-4-8(10)14)12-9(15)6-7-11(13)16-12/h2-7H,15H2,1H3. The predicted molar refractivity (Wildman–Crippen MR) is 68.1 cm³/mol. The van der Waals surface area contributed by atoms with Crippen LogP contribution < -0.4 is 10.6 Å². The molecule has 3 nitrogen and oxygen atoms in total. The summed E-state index contributed by atoms with van der Waals surface area (Å²) in [6.45, 7) is 0. The number of anilines is 3. The molecule has 1 aromatic carbocycles. The molecule has 5 heteroatoms. The molecule has 2 rings (SSSR count). The SMILES string of the molecule is CN(c1ccccc1F)c1nc(Cl)ccc1N. The first kappa shape index (κ1) is 11.7. The van der Waals surface area contributed by atoms with E-state index < -0.39 is 0 Å². The number of hydrogen-bond acceptors (Lipinski definition) is 3. The zero-order chi connectivity index (χ0) is 12.4. The van der Waals surface area contributed by atoms with E-state index >= 15 is 0 Å². The monoisotopic (exact) mass is 251 g/mol. The quantitative estimate of drug-likeness (QED) is 0.834. The highest BCUT2D eigenvalue weighted by atomic mass is 35.5. The van der Waals surface area contributed by atoms with Gasteiger partial charge in [-0.3, -0.25) is 0 Å². The third-order valence-electron chi connectivity index (χ3n) is 2.40. The Bertz CT molecular complexity index is 545. The molecule has 0 bridgehead atoms. The van der Waals surface area contributed by atoms with E-state index in [9.17, 15) is 4.39 Å². The Balaban J connectivity index is 2.47. The summed E-state index contributed by atoms with van der Waals surface area (Å²) in [6.07, 6.45) is 0. The van der Waals surface area contributed by atoms with Crippen molar-refractivity contribution < 1.29 is 4.39 Å². The van der Waals surface area contributed by atoms with Gasteiger partial charge in [-0.05, 0) is 24.3 Å². The van der Waals surface area contributed by atoms with Crippen LogP contribution >= 0.6 is 11.6 Å². The van der Waals surface area contributed by atoms with Crippen LogP contribution in [0.4, 0.5) is 21.6 Å². The van der Waals surface area contributed by atoms with Crippen molar-refractivity contribution in [2.24, 2.45) is 0 Å². The number of nitrogens with two attached hydrogens (primary N) is 1. The molecular formula is C12H11ClFN3. The number of nitrogens with zero attached hydrogens (tertiary/aromatic N) is 2. The summed E-state index contributed by atoms with van der Waals surface area (Å²) in [5.74, 6) is 0.0961. The maximum Gasteiger partial charge on any atom is 0.157 e. The lowest BCUT2D eigenvalue weighted by Gasteiger charge is -2.20. The van der Waals surface area contributed by atoms with Crippen LogP contribution in [0.5, 0.6) is 0 Å². The van der Waals surface area contributed by atoms with Crippen molar-refractivity contribution in [2.45, 2.75) is 0 Å². The molecule has 1 heterocycles. The minimum atomic E-state index is -0.337. The summed E-state index contributed by atoms with van der Waals surface area (Å²) in [6, 6.07) is 9.64. The molecule has 0 aliphatic rings. The van der Waals surface area contributed by atoms with E-state index in [-0.39, 0.29) is 5.82 Å². The molecule has 0 radical (unpaired) electrons. The van der Waals surface area contributed by atoms with Gasteiger partial charge in [0, 0.05) is 7.05 Å². The fourth-order valence-corrected chi connectivity index (χ4v) is 1.69. The lowest BCUT2D eigenvalue weighted by Crippen LogP contribution is -2.14. The second-order valence-corrected chi connectivity index (χ2v) is 3.94. The number of hydrogen-bond donors (Lipinski definition) is 1. The van der Waals surface area contributed by atoms with Gasteiger partial charge in [0.2, 0.25) is 0 Å². The van der Waals surface area contributed by atoms with E-state index in [0.717, 1.165) is 0 Å². The van der Waals surface area contributed by atoms with Crippen LogP contribution in [0.1, 0.15) is 0 Å². The Morgan fingerprint density at radius 1 is 1.24 bits per heavy atom. The molecule has 0 fully saturated rings. The summed E-state index contributed by atoms with van der Waals surface area (Å²) >= 11 is 5.80. The Labute approximate surface area is 104 Å². The summed E-state index contributed by atoms with van der Waals surface area (Å²) in [5.41, 5.74) is 6.63. The fraction of sp³-hybridized carbons (Fsp3) is 0.0833. The summed E-state index contributed by atoms with van der Waals surface area (Å²) in [5, 5.41) is 0.317. The zero-order valence-electron chi connectivity index (χ0n) is 9.19. The van der Waals surface area contributed by atoms with Gasteiger partial charge in [-0.1, -0.05) is 23.7 Å². The van der Waals surface area contributed by atoms with Gasteiger partial charge in [-0.25, -0.2) is 9.37 Å². The minimum absolute atomic E-state index is 0.317. The van der Waals surface area contributed by atoms with Crippen molar-refractivity contribution in [1.29, 1.82) is 0 Å². The molecule has 0 atom stereocenters. The summed E-state index contributed by atoms with van der Waals surface area (Å²) < 4.78 is 13.6. The second-order valence-electron chi connectivity index (χ2n) is 3.56. The molecule has 0 unspecified atom stereocenters. The maximum atomic E-state index is 13.6. The smallest absolute Gasteiger partial charge is 0.157 e. The lowest BCUT2D eigenvalue weighted by atomic mass is 10.2. The number of para-hydroxylation sites is 1. The number of rotatable bonds is 2. The van der Waals surface area contributed by atoms with Crippen LogP contribution in [0, 0.1) is 5.82 Å². The summed E-state index contributed by atoms with van der Waals surface area (Å²) in [4.78, 5) is 5.66. The average Bonchev–Trinajstić information content (AvgIpc) is 2.32. The number of halogens is 2. The van der Waals surface area contributed by atoms with E-state index in [0.29, 0.717) is 22.3 Å². The zero-order valence-corrected chi connectivity index (χ0v) is 9.95. The molecule has 0 saturated carbocycles. The van der Waals surface area contributed by atoms with E-state index in [1.54, 1.807) is 42.3 Å². The van der Waals surface area contributed by atoms with Gasteiger partial charge in [-0.2, -0.15) is 0 Å². The van der Waals surface area contributed by atoms with Crippen molar-refractivity contribution in [3.8, 4) is 0 Å². The second kappa shape index (κ2) is 4.59. The molecule has 0 spiro atoms. The number of pyridine rings is 1. The Morgan fingerprint density at radius 3 is 2.65 bits per heavy atom. The molecule has 2 N–H and O–H groups in total. The van der Waals surface area contributed by atoms with Gasteiger partial charge < -0.3 is 10.6 Å². The first-order valence-corrected chi connectivity index (χ1v) is 5.37. The number of nitrogen functional groups attached to an aromatic ring is 1. The minimum Gasteiger partial charge on any atom is -0.396 e. The van der Waals surface area contributed by atoms with Gasteiger partial charge in [0.15, 0.2) is 5.82 Å². The van der Waals surface area contributed by atoms with E-state index in [1.165, 1.54) is 6.07 Å². The highest BCUT2D eigenvalue weighted by molar-refractivity contribution is 6.29. The highest BCUT2D eigenvalue weighted by Gasteiger charge is 2.13. The highest BCUT2D eigenvalue weighted by Crippen LogP contribution is 2.29. The van der Waals surface area contributed by atoms with E-state index in [4.69, 9.17) is 17.3 Å². The Morgan fingerprint density at radius 2 is 1.94 bits per heavy atom. The van der Waals surface area contributed by atoms with Crippen molar-refractivity contribution in [3.63, 3.8) is 0 Å². The van der Waals surface area contributed by atoms with Crippen molar-refractivity contribution >= 4 is 28.8 Å². The van der Waals surface area contributed by atoms with E-state index in [2.05, 4.69) is 4.98 Å². The first-order chi connectivity index (χ1) is 8.09. The van der Waals surface area contributed by atoms with Gasteiger partial charge in [-0.15, -0.1) is 0 Å². The Hall–Kier alpha value is -1.81. The third kappa shape index (κ3) is 2.31. The van der Waals surface area contributed by atoms with Crippen molar-refractivity contribution in [3.05, 3.63) is 47.4 Å². The van der Waals surface area contributed by atoms with Crippen molar-refractivity contribution in [1.82, 2.24) is 4.98 Å². The molecule has 0 amide bonds. The maximum absolute atomic E-state index is 13.6. The molecule has 0 aliphatic carbocycles. The molecule has 0 saturated heterocycles. The number of benzene rings is 1. The Kier molecular flexibility index (Phi) is 3.15. The van der Waals surface area contributed by atoms with Crippen LogP contribution in [-0.2, 0) is 0 Å². The molecule has 2 aromatic rings. The van der Waals surface area contributed by atoms with Gasteiger partial charge >= 0.3 is 0 Å². The van der Waals surface area contributed by atoms with Gasteiger partial charge in [0.1, 0.15) is 11.0 Å². The topological polar surface area (TPSA) is 42.2 Å². The predicted octanol–water partition coefficient (Wildman–Crippen LogP) is 3.22. The van der Waals surface area contributed by atoms with Gasteiger partial charge in [0.25, 0.3) is 0 Å².